The van der Waals surface area contributed by atoms with Crippen LogP contribution in [0.25, 0.3) is 0 Å². The van der Waals surface area contributed by atoms with Crippen LogP contribution in [0.15, 0.2) is 23.2 Å². The summed E-state index contributed by atoms with van der Waals surface area (Å²) < 4.78 is 12.8. The van der Waals surface area contributed by atoms with E-state index in [2.05, 4.69) is 15.6 Å². The quantitative estimate of drug-likeness (QED) is 0.538. The van der Waals surface area contributed by atoms with E-state index in [0.29, 0.717) is 17.8 Å². The minimum absolute atomic E-state index is 0.0364. The number of amides is 2. The van der Waals surface area contributed by atoms with Crippen LogP contribution in [-0.4, -0.2) is 18.5 Å². The molecule has 92 valence electrons. The first-order valence-corrected chi connectivity index (χ1v) is 5.18. The number of halogens is 1. The Balaban J connectivity index is 2.77. The maximum absolute atomic E-state index is 12.8. The molecule has 1 rings (SSSR count). The van der Waals surface area contributed by atoms with Gasteiger partial charge in [0.1, 0.15) is 5.82 Å². The Labute approximate surface area is 98.9 Å². The van der Waals surface area contributed by atoms with Crippen molar-refractivity contribution in [3.8, 4) is 0 Å². The first-order valence-electron chi connectivity index (χ1n) is 5.18. The molecule has 1 aromatic carbocycles. The summed E-state index contributed by atoms with van der Waals surface area (Å²) in [4.78, 5) is 15.1. The molecular formula is C11H15FN4O. The van der Waals surface area contributed by atoms with Crippen LogP contribution >= 0.6 is 0 Å². The molecule has 4 N–H and O–H groups in total. The summed E-state index contributed by atoms with van der Waals surface area (Å²) in [7, 11) is 0. The van der Waals surface area contributed by atoms with Crippen molar-refractivity contribution < 1.29 is 9.18 Å². The van der Waals surface area contributed by atoms with Crippen LogP contribution in [0.1, 0.15) is 12.5 Å². The summed E-state index contributed by atoms with van der Waals surface area (Å²) >= 11 is 0. The molecule has 0 heterocycles. The number of urea groups is 1. The van der Waals surface area contributed by atoms with E-state index < -0.39 is 6.03 Å². The van der Waals surface area contributed by atoms with E-state index in [1.54, 1.807) is 13.8 Å². The number of hydrogen-bond acceptors (Lipinski definition) is 2. The van der Waals surface area contributed by atoms with E-state index in [1.807, 2.05) is 0 Å². The van der Waals surface area contributed by atoms with E-state index >= 15 is 0 Å². The highest BCUT2D eigenvalue weighted by molar-refractivity contribution is 5.96. The van der Waals surface area contributed by atoms with Gasteiger partial charge in [-0.1, -0.05) is 0 Å². The number of hydrogen-bond donors (Lipinski definition) is 3. The molecule has 17 heavy (non-hydrogen) atoms. The number of carbonyl (C=O) groups is 1. The molecule has 2 amide bonds. The lowest BCUT2D eigenvalue weighted by atomic mass is 10.2. The number of guanidine groups is 1. The lowest BCUT2D eigenvalue weighted by molar-refractivity contribution is 0.245. The minimum atomic E-state index is -0.423. The standard InChI is InChI=1S/C11H15FN4O/c1-3-14-11(17)16-10(13)15-9-5-4-8(12)6-7(9)2/h4-6H,3H2,1-2H3,(H4,13,14,15,16,17). The second kappa shape index (κ2) is 5.83. The van der Waals surface area contributed by atoms with Crippen LogP contribution in [-0.2, 0) is 0 Å². The van der Waals surface area contributed by atoms with Crippen LogP contribution in [0.2, 0.25) is 0 Å². The number of nitrogens with two attached hydrogens (primary N) is 1. The van der Waals surface area contributed by atoms with E-state index in [-0.39, 0.29) is 11.8 Å². The lowest BCUT2D eigenvalue weighted by Gasteiger charge is -2.05. The summed E-state index contributed by atoms with van der Waals surface area (Å²) in [5.41, 5.74) is 6.69. The number of aryl methyl sites for hydroxylation is 1. The largest absolute Gasteiger partial charge is 0.369 e. The molecule has 6 heteroatoms. The molecule has 0 aliphatic carbocycles. The number of carbonyl (C=O) groups excluding carboxylic acids is 1. The molecule has 5 nitrogen and oxygen atoms in total. The van der Waals surface area contributed by atoms with Crippen molar-refractivity contribution in [2.75, 3.05) is 6.54 Å². The monoisotopic (exact) mass is 238 g/mol. The summed E-state index contributed by atoms with van der Waals surface area (Å²) in [6, 6.07) is 3.70. The first-order chi connectivity index (χ1) is 8.02. The van der Waals surface area contributed by atoms with Crippen molar-refractivity contribution in [3.63, 3.8) is 0 Å². The molecule has 0 fully saturated rings. The van der Waals surface area contributed by atoms with Crippen molar-refractivity contribution in [2.24, 2.45) is 10.7 Å². The third-order valence-corrected chi connectivity index (χ3v) is 1.98. The average Bonchev–Trinajstić information content (AvgIpc) is 2.22. The first kappa shape index (κ1) is 13.0. The van der Waals surface area contributed by atoms with Crippen LogP contribution in [0, 0.1) is 12.7 Å². The van der Waals surface area contributed by atoms with Crippen molar-refractivity contribution in [2.45, 2.75) is 13.8 Å². The summed E-state index contributed by atoms with van der Waals surface area (Å²) in [5, 5.41) is 4.87. The van der Waals surface area contributed by atoms with Crippen LogP contribution < -0.4 is 16.4 Å². The van der Waals surface area contributed by atoms with E-state index in [4.69, 9.17) is 5.73 Å². The fourth-order valence-corrected chi connectivity index (χ4v) is 1.22. The Kier molecular flexibility index (Phi) is 4.45. The number of benzene rings is 1. The minimum Gasteiger partial charge on any atom is -0.369 e. The molecule has 0 unspecified atom stereocenters. The molecule has 0 saturated carbocycles. The van der Waals surface area contributed by atoms with Gasteiger partial charge in [0.25, 0.3) is 0 Å². The second-order valence-corrected chi connectivity index (χ2v) is 3.41. The van der Waals surface area contributed by atoms with Gasteiger partial charge in [-0.05, 0) is 37.6 Å². The molecule has 0 aliphatic heterocycles. The number of nitrogens with zero attached hydrogens (tertiary/aromatic N) is 1. The highest BCUT2D eigenvalue weighted by Crippen LogP contribution is 2.18. The van der Waals surface area contributed by atoms with Crippen LogP contribution in [0.3, 0.4) is 0 Å². The second-order valence-electron chi connectivity index (χ2n) is 3.41. The summed E-state index contributed by atoms with van der Waals surface area (Å²) in [6.45, 7) is 3.99. The van der Waals surface area contributed by atoms with Gasteiger partial charge in [-0.3, -0.25) is 5.32 Å². The predicted octanol–water partition coefficient (Wildman–Crippen LogP) is 1.40. The van der Waals surface area contributed by atoms with Gasteiger partial charge in [0.05, 0.1) is 5.69 Å². The van der Waals surface area contributed by atoms with Crippen molar-refractivity contribution in [3.05, 3.63) is 29.6 Å². The molecular weight excluding hydrogens is 223 g/mol. The Morgan fingerprint density at radius 3 is 2.82 bits per heavy atom. The third kappa shape index (κ3) is 4.10. The molecule has 0 saturated heterocycles. The Hall–Kier alpha value is -2.11. The number of aliphatic imine (C=N–C) groups is 1. The highest BCUT2D eigenvalue weighted by atomic mass is 19.1. The van der Waals surface area contributed by atoms with Crippen molar-refractivity contribution >= 4 is 17.7 Å². The molecule has 1 aromatic rings. The zero-order valence-corrected chi connectivity index (χ0v) is 9.75. The normalized spacial score (nSPS) is 11.1. The molecule has 0 atom stereocenters. The number of rotatable bonds is 2. The van der Waals surface area contributed by atoms with Gasteiger partial charge in [-0.15, -0.1) is 0 Å². The third-order valence-electron chi connectivity index (χ3n) is 1.98. The average molecular weight is 238 g/mol. The zero-order chi connectivity index (χ0) is 12.8. The summed E-state index contributed by atoms with van der Waals surface area (Å²) in [6.07, 6.45) is 0. The van der Waals surface area contributed by atoms with Crippen molar-refractivity contribution in [1.29, 1.82) is 0 Å². The molecule has 0 radical (unpaired) electrons. The summed E-state index contributed by atoms with van der Waals surface area (Å²) in [5.74, 6) is -0.373. The topological polar surface area (TPSA) is 79.5 Å². The highest BCUT2D eigenvalue weighted by Gasteiger charge is 2.02. The Morgan fingerprint density at radius 1 is 1.53 bits per heavy atom. The predicted molar refractivity (Wildman–Crippen MR) is 64.6 cm³/mol. The van der Waals surface area contributed by atoms with Gasteiger partial charge < -0.3 is 11.1 Å². The van der Waals surface area contributed by atoms with Crippen LogP contribution in [0.5, 0.6) is 0 Å². The van der Waals surface area contributed by atoms with Gasteiger partial charge >= 0.3 is 6.03 Å². The van der Waals surface area contributed by atoms with E-state index in [1.165, 1.54) is 18.2 Å². The SMILES string of the molecule is CCNC(=O)NC(N)=Nc1ccc(F)cc1C. The Morgan fingerprint density at radius 2 is 2.24 bits per heavy atom. The molecule has 0 bridgehead atoms. The molecule has 0 spiro atoms. The lowest BCUT2D eigenvalue weighted by Crippen LogP contribution is -2.43. The van der Waals surface area contributed by atoms with E-state index in [9.17, 15) is 9.18 Å². The smallest absolute Gasteiger partial charge is 0.321 e. The van der Waals surface area contributed by atoms with Gasteiger partial charge in [-0.25, -0.2) is 14.2 Å². The Bertz CT molecular complexity index is 445. The number of nitrogens with one attached hydrogen (secondary N) is 2. The molecule has 0 aliphatic rings. The van der Waals surface area contributed by atoms with Gasteiger partial charge in [0.15, 0.2) is 0 Å². The fraction of sp³-hybridized carbons (Fsp3) is 0.273. The zero-order valence-electron chi connectivity index (χ0n) is 9.75. The maximum Gasteiger partial charge on any atom is 0.321 e. The fourth-order valence-electron chi connectivity index (χ4n) is 1.22. The van der Waals surface area contributed by atoms with Gasteiger partial charge in [0.2, 0.25) is 5.96 Å². The molecule has 0 aromatic heterocycles. The van der Waals surface area contributed by atoms with Crippen LogP contribution in [0.4, 0.5) is 14.9 Å². The van der Waals surface area contributed by atoms with E-state index in [0.717, 1.165) is 0 Å². The maximum atomic E-state index is 12.8. The van der Waals surface area contributed by atoms with Crippen molar-refractivity contribution in [1.82, 2.24) is 10.6 Å². The van der Waals surface area contributed by atoms with Gasteiger partial charge in [-0.2, -0.15) is 0 Å². The van der Waals surface area contributed by atoms with Gasteiger partial charge in [0, 0.05) is 6.54 Å².